The van der Waals surface area contributed by atoms with Crippen molar-refractivity contribution in [1.82, 2.24) is 0 Å². The molecule has 248 valence electrons. The normalized spacial score (nSPS) is 13.2. The maximum absolute atomic E-state index is 2.51. The highest BCUT2D eigenvalue weighted by Gasteiger charge is 2.04. The van der Waals surface area contributed by atoms with Crippen LogP contribution in [-0.2, 0) is 0 Å². The van der Waals surface area contributed by atoms with Gasteiger partial charge in [-0.25, -0.2) is 0 Å². The summed E-state index contributed by atoms with van der Waals surface area (Å²) in [5.41, 5.74) is 0. The van der Waals surface area contributed by atoms with Crippen LogP contribution in [0.25, 0.3) is 0 Å². The first kappa shape index (κ1) is 41.0. The fourth-order valence-corrected chi connectivity index (χ4v) is 6.83. The van der Waals surface area contributed by atoms with Crippen molar-refractivity contribution in [3.63, 3.8) is 0 Å². The largest absolute Gasteiger partial charge is 0.0654 e. The van der Waals surface area contributed by atoms with Crippen LogP contribution in [-0.4, -0.2) is 0 Å². The molecule has 0 saturated carbocycles. The maximum atomic E-state index is 2.51. The number of unbranched alkanes of at least 4 members (excludes halogenated alkanes) is 28. The lowest BCUT2D eigenvalue weighted by Gasteiger charge is -2.12. The molecule has 0 aromatic carbocycles. The predicted octanol–water partition coefficient (Wildman–Crippen LogP) is 16.0. The molecule has 0 nitrogen and oxygen atoms in total. The smallest absolute Gasteiger partial charge is 0.0443 e. The van der Waals surface area contributed by atoms with Gasteiger partial charge in [0.05, 0.1) is 0 Å². The van der Waals surface area contributed by atoms with E-state index in [1.807, 2.05) is 0 Å². The van der Waals surface area contributed by atoms with E-state index in [4.69, 9.17) is 0 Å². The van der Waals surface area contributed by atoms with Gasteiger partial charge in [-0.2, -0.15) is 0 Å². The Morgan fingerprint density at radius 3 is 0.537 bits per heavy atom. The van der Waals surface area contributed by atoms with Crippen LogP contribution in [0.3, 0.4) is 0 Å². The third-order valence-corrected chi connectivity index (χ3v) is 9.99. The van der Waals surface area contributed by atoms with Crippen molar-refractivity contribution in [2.24, 2.45) is 11.8 Å². The molecule has 41 heavy (non-hydrogen) atoms. The minimum atomic E-state index is 0.963. The molecule has 0 aliphatic carbocycles. The van der Waals surface area contributed by atoms with Crippen LogP contribution in [0.5, 0.6) is 0 Å². The molecule has 0 aromatic rings. The Hall–Kier alpha value is 0. The van der Waals surface area contributed by atoms with Crippen LogP contribution in [0.4, 0.5) is 0 Å². The molecule has 0 rings (SSSR count). The van der Waals surface area contributed by atoms with E-state index in [9.17, 15) is 0 Å². The van der Waals surface area contributed by atoms with Gasteiger partial charge >= 0.3 is 0 Å². The fraction of sp³-hybridized carbons (Fsp3) is 1.00. The van der Waals surface area contributed by atoms with E-state index in [2.05, 4.69) is 27.7 Å². The second kappa shape index (κ2) is 36.2. The van der Waals surface area contributed by atoms with E-state index >= 15 is 0 Å². The second-order valence-corrected chi connectivity index (χ2v) is 14.6. The molecule has 0 spiro atoms. The predicted molar refractivity (Wildman–Crippen MR) is 191 cm³/mol. The minimum absolute atomic E-state index is 0.963. The third-order valence-electron chi connectivity index (χ3n) is 9.99. The molecule has 0 radical (unpaired) electrons. The number of hydrogen-bond donors (Lipinski definition) is 0. The molecule has 2 atom stereocenters. The second-order valence-electron chi connectivity index (χ2n) is 14.6. The van der Waals surface area contributed by atoms with Gasteiger partial charge in [0, 0.05) is 0 Å². The van der Waals surface area contributed by atoms with Gasteiger partial charge in [0.25, 0.3) is 0 Å². The van der Waals surface area contributed by atoms with Crippen molar-refractivity contribution in [2.75, 3.05) is 0 Å². The van der Waals surface area contributed by atoms with Crippen molar-refractivity contribution in [3.05, 3.63) is 0 Å². The van der Waals surface area contributed by atoms with E-state index < -0.39 is 0 Å². The zero-order chi connectivity index (χ0) is 29.9. The van der Waals surface area contributed by atoms with Crippen LogP contribution >= 0.6 is 0 Å². The molecule has 0 fully saturated rings. The van der Waals surface area contributed by atoms with E-state index in [1.54, 1.807) is 0 Å². The highest BCUT2D eigenvalue weighted by molar-refractivity contribution is 4.58. The van der Waals surface area contributed by atoms with Gasteiger partial charge in [0.1, 0.15) is 0 Å². The molecule has 0 bridgehead atoms. The molecule has 0 N–H and O–H groups in total. The van der Waals surface area contributed by atoms with Crippen molar-refractivity contribution < 1.29 is 0 Å². The minimum Gasteiger partial charge on any atom is -0.0654 e. The standard InChI is InChI=1S/C41H84/c1-5-7-9-11-13-15-17-19-21-24-28-32-36-40(3)38-34-30-26-23-27-31-35-39-41(4)37-33-29-25-22-20-18-16-14-12-10-8-6-2/h40-41H,5-39H2,1-4H3. The molecule has 0 heterocycles. The Morgan fingerprint density at radius 1 is 0.220 bits per heavy atom. The van der Waals surface area contributed by atoms with E-state index in [0.717, 1.165) is 11.8 Å². The number of rotatable bonds is 36. The molecule has 0 amide bonds. The highest BCUT2D eigenvalue weighted by atomic mass is 14.1. The first-order valence-electron chi connectivity index (χ1n) is 20.2. The molecule has 2 unspecified atom stereocenters. The Bertz CT molecular complexity index is 399. The summed E-state index contributed by atoms with van der Waals surface area (Å²) < 4.78 is 0. The monoisotopic (exact) mass is 577 g/mol. The van der Waals surface area contributed by atoms with Crippen LogP contribution in [0.1, 0.15) is 252 Å². The topological polar surface area (TPSA) is 0 Å². The van der Waals surface area contributed by atoms with Gasteiger partial charge in [-0.1, -0.05) is 252 Å². The van der Waals surface area contributed by atoms with Crippen LogP contribution in [0.15, 0.2) is 0 Å². The Kier molecular flexibility index (Phi) is 36.2. The number of hydrogen-bond acceptors (Lipinski definition) is 0. The summed E-state index contributed by atoms with van der Waals surface area (Å²) in [5.74, 6) is 1.93. The first-order valence-corrected chi connectivity index (χ1v) is 20.2. The lowest BCUT2D eigenvalue weighted by molar-refractivity contribution is 0.421. The van der Waals surface area contributed by atoms with Gasteiger partial charge in [-0.05, 0) is 11.8 Å². The molecular weight excluding hydrogens is 492 g/mol. The van der Waals surface area contributed by atoms with Crippen molar-refractivity contribution >= 4 is 0 Å². The Morgan fingerprint density at radius 2 is 0.366 bits per heavy atom. The summed E-state index contributed by atoms with van der Waals surface area (Å²) in [6, 6.07) is 0. The van der Waals surface area contributed by atoms with Crippen LogP contribution in [0, 0.1) is 11.8 Å². The average molecular weight is 577 g/mol. The zero-order valence-corrected chi connectivity index (χ0v) is 29.9. The van der Waals surface area contributed by atoms with Gasteiger partial charge in [-0.15, -0.1) is 0 Å². The van der Waals surface area contributed by atoms with Gasteiger partial charge in [0.2, 0.25) is 0 Å². The quantitative estimate of drug-likeness (QED) is 0.0651. The molecular formula is C41H84. The maximum Gasteiger partial charge on any atom is -0.0443 e. The zero-order valence-electron chi connectivity index (χ0n) is 29.9. The summed E-state index contributed by atoms with van der Waals surface area (Å²) >= 11 is 0. The summed E-state index contributed by atoms with van der Waals surface area (Å²) in [7, 11) is 0. The van der Waals surface area contributed by atoms with E-state index in [1.165, 1.54) is 225 Å². The lowest BCUT2D eigenvalue weighted by Crippen LogP contribution is -1.96. The van der Waals surface area contributed by atoms with Crippen LogP contribution in [0.2, 0.25) is 0 Å². The molecule has 0 aromatic heterocycles. The summed E-state index contributed by atoms with van der Waals surface area (Å²) in [6.07, 6.45) is 51.6. The molecule has 0 aliphatic heterocycles. The van der Waals surface area contributed by atoms with Crippen molar-refractivity contribution in [3.8, 4) is 0 Å². The molecule has 0 saturated heterocycles. The Labute approximate surface area is 263 Å². The van der Waals surface area contributed by atoms with Crippen LogP contribution < -0.4 is 0 Å². The van der Waals surface area contributed by atoms with Gasteiger partial charge < -0.3 is 0 Å². The average Bonchev–Trinajstić information content (AvgIpc) is 2.97. The molecule has 0 heteroatoms. The summed E-state index contributed by atoms with van der Waals surface area (Å²) in [5, 5.41) is 0. The lowest BCUT2D eigenvalue weighted by atomic mass is 9.95. The SMILES string of the molecule is CCCCCCCCCCCCCCC(C)CCCCCCCCCC(C)CCCCCCCCCCCCCC. The van der Waals surface area contributed by atoms with E-state index in [0.29, 0.717) is 0 Å². The van der Waals surface area contributed by atoms with Crippen molar-refractivity contribution in [1.29, 1.82) is 0 Å². The fourth-order valence-electron chi connectivity index (χ4n) is 6.83. The van der Waals surface area contributed by atoms with Gasteiger partial charge in [0.15, 0.2) is 0 Å². The van der Waals surface area contributed by atoms with E-state index in [-0.39, 0.29) is 0 Å². The highest BCUT2D eigenvalue weighted by Crippen LogP contribution is 2.21. The summed E-state index contributed by atoms with van der Waals surface area (Å²) in [6.45, 7) is 9.64. The van der Waals surface area contributed by atoms with Gasteiger partial charge in [-0.3, -0.25) is 0 Å². The van der Waals surface area contributed by atoms with Crippen molar-refractivity contribution in [2.45, 2.75) is 252 Å². The molecule has 0 aliphatic rings. The first-order chi connectivity index (χ1) is 20.2. The summed E-state index contributed by atoms with van der Waals surface area (Å²) in [4.78, 5) is 0. The third kappa shape index (κ3) is 36.1. The Balaban J connectivity index is 3.23.